The maximum Gasteiger partial charge on any atom is 0.128 e. The zero-order chi connectivity index (χ0) is 14.9. The zero-order valence-corrected chi connectivity index (χ0v) is 15.2. The van der Waals surface area contributed by atoms with Crippen LogP contribution in [0.3, 0.4) is 0 Å². The molecule has 0 aromatic carbocycles. The normalized spacial score (nSPS) is 27.3. The molecular weight excluding hydrogens is 306 g/mol. The fourth-order valence-corrected chi connectivity index (χ4v) is 4.79. The van der Waals surface area contributed by atoms with Crippen molar-refractivity contribution < 1.29 is 0 Å². The average molecular weight is 336 g/mol. The third kappa shape index (κ3) is 3.36. The van der Waals surface area contributed by atoms with E-state index >= 15 is 0 Å². The predicted octanol–water partition coefficient (Wildman–Crippen LogP) is 3.69. The Kier molecular flexibility index (Phi) is 5.48. The van der Waals surface area contributed by atoms with E-state index in [0.29, 0.717) is 0 Å². The number of likely N-dealkylation sites (tertiary alicyclic amines) is 1. The van der Waals surface area contributed by atoms with Crippen molar-refractivity contribution in [2.24, 2.45) is 5.92 Å². The fourth-order valence-electron chi connectivity index (χ4n) is 4.79. The number of nitrogens with zero attached hydrogens (tertiary/aromatic N) is 3. The van der Waals surface area contributed by atoms with Gasteiger partial charge in [0.05, 0.1) is 0 Å². The molecule has 2 saturated heterocycles. The van der Waals surface area contributed by atoms with Crippen LogP contribution in [0.15, 0.2) is 12.1 Å². The first-order valence-corrected chi connectivity index (χ1v) is 9.33. The Morgan fingerprint density at radius 1 is 1.09 bits per heavy atom. The van der Waals surface area contributed by atoms with Gasteiger partial charge in [-0.15, -0.1) is 12.4 Å². The molecule has 2 fully saturated rings. The monoisotopic (exact) mass is 335 g/mol. The highest BCUT2D eigenvalue weighted by Crippen LogP contribution is 2.35. The van der Waals surface area contributed by atoms with Gasteiger partial charge in [0.2, 0.25) is 0 Å². The molecule has 3 aliphatic rings. The molecule has 0 radical (unpaired) electrons. The molecule has 2 atom stereocenters. The Balaban J connectivity index is 0.00000156. The molecule has 1 aromatic rings. The van der Waals surface area contributed by atoms with Gasteiger partial charge in [-0.1, -0.05) is 13.0 Å². The molecule has 0 spiro atoms. The highest BCUT2D eigenvalue weighted by atomic mass is 35.5. The van der Waals surface area contributed by atoms with E-state index in [-0.39, 0.29) is 12.4 Å². The quantitative estimate of drug-likeness (QED) is 0.839. The van der Waals surface area contributed by atoms with Crippen molar-refractivity contribution in [1.29, 1.82) is 0 Å². The Morgan fingerprint density at radius 3 is 2.70 bits per heavy atom. The lowest BCUT2D eigenvalue weighted by Gasteiger charge is -2.44. The number of hydrogen-bond acceptors (Lipinski definition) is 3. The summed E-state index contributed by atoms with van der Waals surface area (Å²) in [5, 5.41) is 0. The summed E-state index contributed by atoms with van der Waals surface area (Å²) in [6.45, 7) is 7.29. The molecule has 128 valence electrons. The van der Waals surface area contributed by atoms with Gasteiger partial charge in [-0.25, -0.2) is 4.98 Å². The molecule has 4 rings (SSSR count). The van der Waals surface area contributed by atoms with Gasteiger partial charge < -0.3 is 4.90 Å². The van der Waals surface area contributed by atoms with Crippen LogP contribution in [0.25, 0.3) is 0 Å². The average Bonchev–Trinajstić information content (AvgIpc) is 3.08. The first kappa shape index (κ1) is 17.0. The van der Waals surface area contributed by atoms with E-state index in [1.54, 1.807) is 0 Å². The number of hydrogen-bond donors (Lipinski definition) is 0. The minimum absolute atomic E-state index is 0. The molecule has 23 heavy (non-hydrogen) atoms. The summed E-state index contributed by atoms with van der Waals surface area (Å²) in [6.07, 6.45) is 9.16. The molecule has 3 nitrogen and oxygen atoms in total. The Morgan fingerprint density at radius 2 is 1.91 bits per heavy atom. The summed E-state index contributed by atoms with van der Waals surface area (Å²) < 4.78 is 0. The summed E-state index contributed by atoms with van der Waals surface area (Å²) in [5.41, 5.74) is 2.93. The van der Waals surface area contributed by atoms with E-state index < -0.39 is 0 Å². The first-order chi connectivity index (χ1) is 10.8. The molecule has 4 heteroatoms. The highest BCUT2D eigenvalue weighted by Gasteiger charge is 2.35. The second-order valence-electron chi connectivity index (χ2n) is 7.38. The molecule has 1 aromatic heterocycles. The molecule has 1 aliphatic carbocycles. The van der Waals surface area contributed by atoms with Gasteiger partial charge in [0.25, 0.3) is 0 Å². The predicted molar refractivity (Wildman–Crippen MR) is 98.7 cm³/mol. The molecule has 0 N–H and O–H groups in total. The van der Waals surface area contributed by atoms with Crippen molar-refractivity contribution in [1.82, 2.24) is 9.88 Å². The standard InChI is InChI=1S/C19H29N3.ClH/c1-2-9-21-12-5-6-16-13-17-15(14-18(16)21)7-8-19(20-17)22-10-3-4-11-22;/h7-8,16,18H,2-6,9-14H2,1H3;1H. The molecule has 0 bridgehead atoms. The summed E-state index contributed by atoms with van der Waals surface area (Å²) >= 11 is 0. The maximum absolute atomic E-state index is 5.06. The molecule has 2 aliphatic heterocycles. The smallest absolute Gasteiger partial charge is 0.128 e. The first-order valence-electron chi connectivity index (χ1n) is 9.33. The van der Waals surface area contributed by atoms with Crippen molar-refractivity contribution in [2.75, 3.05) is 31.1 Å². The number of halogens is 1. The third-order valence-electron chi connectivity index (χ3n) is 5.91. The second kappa shape index (κ2) is 7.40. The van der Waals surface area contributed by atoms with Gasteiger partial charge in [-0.3, -0.25) is 4.90 Å². The number of piperidine rings is 1. The van der Waals surface area contributed by atoms with Crippen LogP contribution in [-0.4, -0.2) is 42.1 Å². The second-order valence-corrected chi connectivity index (χ2v) is 7.38. The fraction of sp³-hybridized carbons (Fsp3) is 0.737. The lowest BCUT2D eigenvalue weighted by molar-refractivity contribution is 0.0846. The number of aromatic nitrogens is 1. The van der Waals surface area contributed by atoms with Crippen LogP contribution in [0.2, 0.25) is 0 Å². The van der Waals surface area contributed by atoms with Crippen LogP contribution in [0, 0.1) is 5.92 Å². The van der Waals surface area contributed by atoms with Crippen molar-refractivity contribution in [3.63, 3.8) is 0 Å². The maximum atomic E-state index is 5.06. The van der Waals surface area contributed by atoms with Gasteiger partial charge in [0, 0.05) is 24.8 Å². The third-order valence-corrected chi connectivity index (χ3v) is 5.91. The lowest BCUT2D eigenvalue weighted by Crippen LogP contribution is -2.49. The van der Waals surface area contributed by atoms with E-state index in [2.05, 4.69) is 28.9 Å². The minimum atomic E-state index is 0. The van der Waals surface area contributed by atoms with Crippen LogP contribution in [-0.2, 0) is 12.8 Å². The van der Waals surface area contributed by atoms with Crippen molar-refractivity contribution >= 4 is 18.2 Å². The van der Waals surface area contributed by atoms with Gasteiger partial charge in [-0.2, -0.15) is 0 Å². The van der Waals surface area contributed by atoms with Crippen LogP contribution >= 0.6 is 12.4 Å². The van der Waals surface area contributed by atoms with Crippen molar-refractivity contribution in [3.8, 4) is 0 Å². The molecule has 3 heterocycles. The summed E-state index contributed by atoms with van der Waals surface area (Å²) in [6, 6.07) is 5.43. The number of anilines is 1. The Labute approximate surface area is 146 Å². The number of rotatable bonds is 3. The number of pyridine rings is 1. The van der Waals surface area contributed by atoms with E-state index in [1.807, 2.05) is 0 Å². The zero-order valence-electron chi connectivity index (χ0n) is 14.3. The van der Waals surface area contributed by atoms with E-state index in [9.17, 15) is 0 Å². The van der Waals surface area contributed by atoms with Gasteiger partial charge in [0.1, 0.15) is 5.82 Å². The van der Waals surface area contributed by atoms with E-state index in [4.69, 9.17) is 4.98 Å². The SMILES string of the molecule is CCCN1CCCC2Cc3nc(N4CCCC4)ccc3CC21.Cl. The summed E-state index contributed by atoms with van der Waals surface area (Å²) in [5.74, 6) is 2.07. The lowest BCUT2D eigenvalue weighted by atomic mass is 9.77. The Hall–Kier alpha value is -0.800. The van der Waals surface area contributed by atoms with Crippen molar-refractivity contribution in [2.45, 2.75) is 57.9 Å². The van der Waals surface area contributed by atoms with E-state index in [0.717, 1.165) is 12.0 Å². The molecular formula is C19H30ClN3. The van der Waals surface area contributed by atoms with Crippen LogP contribution in [0.1, 0.15) is 50.3 Å². The van der Waals surface area contributed by atoms with Crippen LogP contribution in [0.4, 0.5) is 5.82 Å². The van der Waals surface area contributed by atoms with Crippen molar-refractivity contribution in [3.05, 3.63) is 23.4 Å². The molecule has 0 amide bonds. The van der Waals surface area contributed by atoms with Crippen LogP contribution < -0.4 is 4.90 Å². The Bertz CT molecular complexity index is 525. The molecule has 2 unspecified atom stereocenters. The topological polar surface area (TPSA) is 19.4 Å². The van der Waals surface area contributed by atoms with Gasteiger partial charge in [0.15, 0.2) is 0 Å². The van der Waals surface area contributed by atoms with E-state index in [1.165, 1.54) is 88.2 Å². The van der Waals surface area contributed by atoms with Gasteiger partial charge >= 0.3 is 0 Å². The van der Waals surface area contributed by atoms with Gasteiger partial charge in [-0.05, 0) is 75.6 Å². The molecule has 0 saturated carbocycles. The number of fused-ring (bicyclic) bond motifs is 2. The summed E-state index contributed by atoms with van der Waals surface area (Å²) in [4.78, 5) is 10.3. The largest absolute Gasteiger partial charge is 0.357 e. The summed E-state index contributed by atoms with van der Waals surface area (Å²) in [7, 11) is 0. The van der Waals surface area contributed by atoms with Crippen LogP contribution in [0.5, 0.6) is 0 Å². The highest BCUT2D eigenvalue weighted by molar-refractivity contribution is 5.85. The minimum Gasteiger partial charge on any atom is -0.357 e.